The van der Waals surface area contributed by atoms with Crippen LogP contribution < -0.4 is 5.63 Å². The van der Waals surface area contributed by atoms with Crippen LogP contribution in [0.5, 0.6) is 5.75 Å². The Bertz CT molecular complexity index is 961. The van der Waals surface area contributed by atoms with Gasteiger partial charge in [0, 0.05) is 36.0 Å². The number of carbonyl (C=O) groups is 2. The average Bonchev–Trinajstić information content (AvgIpc) is 2.64. The normalized spacial score (nSPS) is 17.3. The maximum absolute atomic E-state index is 12.5. The molecule has 1 aliphatic rings. The zero-order chi connectivity index (χ0) is 19.7. The van der Waals surface area contributed by atoms with Crippen molar-refractivity contribution in [3.8, 4) is 5.75 Å². The van der Waals surface area contributed by atoms with E-state index in [1.54, 1.807) is 30.9 Å². The van der Waals surface area contributed by atoms with Crippen LogP contribution in [0.3, 0.4) is 0 Å². The number of amides is 1. The Kier molecular flexibility index (Phi) is 5.21. The van der Waals surface area contributed by atoms with Gasteiger partial charge in [0.2, 0.25) is 5.91 Å². The van der Waals surface area contributed by atoms with Crippen molar-refractivity contribution in [3.05, 3.63) is 39.2 Å². The van der Waals surface area contributed by atoms with E-state index in [1.807, 2.05) is 0 Å². The number of aryl methyl sites for hydroxylation is 2. The monoisotopic (exact) mass is 373 g/mol. The first-order valence-corrected chi connectivity index (χ1v) is 9.05. The number of rotatable bonds is 4. The van der Waals surface area contributed by atoms with Crippen molar-refractivity contribution in [2.75, 3.05) is 13.1 Å². The van der Waals surface area contributed by atoms with Gasteiger partial charge in [-0.05, 0) is 50.8 Å². The Morgan fingerprint density at radius 2 is 2.00 bits per heavy atom. The molecule has 2 heterocycles. The van der Waals surface area contributed by atoms with E-state index >= 15 is 0 Å². The molecule has 1 aromatic heterocycles. The van der Waals surface area contributed by atoms with Crippen molar-refractivity contribution >= 4 is 22.8 Å². The van der Waals surface area contributed by atoms with E-state index in [9.17, 15) is 19.5 Å². The quantitative estimate of drug-likeness (QED) is 0.797. The molecule has 0 spiro atoms. The summed E-state index contributed by atoms with van der Waals surface area (Å²) in [6.45, 7) is 4.25. The predicted octanol–water partition coefficient (Wildman–Crippen LogP) is 2.37. The summed E-state index contributed by atoms with van der Waals surface area (Å²) in [7, 11) is 0. The van der Waals surface area contributed by atoms with Crippen LogP contribution >= 0.6 is 0 Å². The highest BCUT2D eigenvalue weighted by atomic mass is 16.4. The molecule has 1 atom stereocenters. The lowest BCUT2D eigenvalue weighted by atomic mass is 9.97. The maximum atomic E-state index is 12.5. The molecule has 1 saturated heterocycles. The Labute approximate surface area is 156 Å². The molecule has 0 radical (unpaired) electrons. The van der Waals surface area contributed by atoms with Crippen molar-refractivity contribution in [2.24, 2.45) is 5.92 Å². The minimum absolute atomic E-state index is 0.0612. The largest absolute Gasteiger partial charge is 0.508 e. The van der Waals surface area contributed by atoms with Gasteiger partial charge in [-0.25, -0.2) is 4.79 Å². The molecule has 1 aromatic carbocycles. The molecule has 7 heteroatoms. The fourth-order valence-corrected chi connectivity index (χ4v) is 3.66. The molecule has 0 aliphatic carbocycles. The number of piperidine rings is 1. The minimum atomic E-state index is -0.878. The first kappa shape index (κ1) is 18.9. The fraction of sp³-hybridized carbons (Fsp3) is 0.450. The Morgan fingerprint density at radius 1 is 1.26 bits per heavy atom. The summed E-state index contributed by atoms with van der Waals surface area (Å²) in [5.74, 6) is -1.49. The van der Waals surface area contributed by atoms with Gasteiger partial charge in [-0.15, -0.1) is 0 Å². The van der Waals surface area contributed by atoms with Crippen LogP contribution in [0, 0.1) is 19.8 Å². The summed E-state index contributed by atoms with van der Waals surface area (Å²) < 4.78 is 5.39. The molecule has 2 aromatic rings. The van der Waals surface area contributed by atoms with Crippen LogP contribution in [0.15, 0.2) is 21.3 Å². The summed E-state index contributed by atoms with van der Waals surface area (Å²) >= 11 is 0. The smallest absolute Gasteiger partial charge is 0.339 e. The number of hydrogen-bond acceptors (Lipinski definition) is 5. The molecule has 0 unspecified atom stereocenters. The third kappa shape index (κ3) is 3.67. The number of aromatic hydroxyl groups is 1. The van der Waals surface area contributed by atoms with Gasteiger partial charge in [0.1, 0.15) is 11.3 Å². The number of phenolic OH excluding ortho intramolecular Hbond substituents is 1. The van der Waals surface area contributed by atoms with E-state index in [4.69, 9.17) is 9.52 Å². The fourth-order valence-electron chi connectivity index (χ4n) is 3.66. The van der Waals surface area contributed by atoms with Gasteiger partial charge in [0.05, 0.1) is 5.92 Å². The molecule has 2 N–H and O–H groups in total. The maximum Gasteiger partial charge on any atom is 0.339 e. The zero-order valence-corrected chi connectivity index (χ0v) is 15.4. The van der Waals surface area contributed by atoms with Gasteiger partial charge >= 0.3 is 11.6 Å². The summed E-state index contributed by atoms with van der Waals surface area (Å²) in [5, 5.41) is 19.7. The molecule has 27 heavy (non-hydrogen) atoms. The van der Waals surface area contributed by atoms with Crippen LogP contribution in [0.1, 0.15) is 36.0 Å². The lowest BCUT2D eigenvalue weighted by molar-refractivity contribution is -0.145. The molecule has 0 saturated carbocycles. The second-order valence-electron chi connectivity index (χ2n) is 7.10. The summed E-state index contributed by atoms with van der Waals surface area (Å²) in [6, 6.07) is 3.25. The molecule has 1 amide bonds. The van der Waals surface area contributed by atoms with Crippen LogP contribution in [0.25, 0.3) is 11.0 Å². The van der Waals surface area contributed by atoms with Crippen molar-refractivity contribution in [1.82, 2.24) is 4.90 Å². The Balaban J connectivity index is 1.79. The molecule has 0 bridgehead atoms. The number of aliphatic carboxylic acids is 1. The van der Waals surface area contributed by atoms with E-state index in [2.05, 4.69) is 0 Å². The predicted molar refractivity (Wildman–Crippen MR) is 98.9 cm³/mol. The van der Waals surface area contributed by atoms with Gasteiger partial charge in [0.15, 0.2) is 0 Å². The van der Waals surface area contributed by atoms with Crippen molar-refractivity contribution < 1.29 is 24.2 Å². The number of carbonyl (C=O) groups excluding carboxylic acids is 1. The number of nitrogens with zero attached hydrogens (tertiary/aromatic N) is 1. The Morgan fingerprint density at radius 3 is 2.70 bits per heavy atom. The van der Waals surface area contributed by atoms with Gasteiger partial charge in [-0.3, -0.25) is 9.59 Å². The van der Waals surface area contributed by atoms with E-state index in [1.165, 1.54) is 0 Å². The molecule has 1 fully saturated rings. The molecule has 1 aliphatic heterocycles. The standard InChI is InChI=1S/C20H23NO6/c1-11-14-5-7-16(22)12(2)18(14)27-20(26)15(11)6-8-17(23)21-9-3-4-13(10-21)19(24)25/h5,7,13,22H,3-4,6,8-10H2,1-2H3,(H,24,25)/t13-/m0/s1. The number of hydrogen-bond donors (Lipinski definition) is 2. The topological polar surface area (TPSA) is 108 Å². The number of fused-ring (bicyclic) bond motifs is 1. The second kappa shape index (κ2) is 7.42. The SMILES string of the molecule is Cc1c(CCC(=O)N2CCC[C@H](C(=O)O)C2)c(=O)oc2c(C)c(O)ccc12. The molecule has 7 nitrogen and oxygen atoms in total. The second-order valence-corrected chi connectivity index (χ2v) is 7.10. The molecular formula is C20H23NO6. The highest BCUT2D eigenvalue weighted by Gasteiger charge is 2.28. The van der Waals surface area contributed by atoms with Crippen molar-refractivity contribution in [3.63, 3.8) is 0 Å². The number of benzene rings is 1. The summed E-state index contributed by atoms with van der Waals surface area (Å²) in [5.41, 5.74) is 1.52. The number of carboxylic acids is 1. The third-order valence-corrected chi connectivity index (χ3v) is 5.39. The van der Waals surface area contributed by atoms with E-state index in [-0.39, 0.29) is 31.0 Å². The van der Waals surface area contributed by atoms with Crippen molar-refractivity contribution in [2.45, 2.75) is 39.5 Å². The van der Waals surface area contributed by atoms with Crippen LogP contribution in [0.2, 0.25) is 0 Å². The molecular weight excluding hydrogens is 350 g/mol. The van der Waals surface area contributed by atoms with Crippen molar-refractivity contribution in [1.29, 1.82) is 0 Å². The number of phenols is 1. The van der Waals surface area contributed by atoms with E-state index in [0.29, 0.717) is 36.1 Å². The highest BCUT2D eigenvalue weighted by molar-refractivity contribution is 5.85. The third-order valence-electron chi connectivity index (χ3n) is 5.39. The highest BCUT2D eigenvalue weighted by Crippen LogP contribution is 2.28. The summed E-state index contributed by atoms with van der Waals surface area (Å²) in [6.07, 6.45) is 1.61. The summed E-state index contributed by atoms with van der Waals surface area (Å²) in [4.78, 5) is 37.6. The average molecular weight is 373 g/mol. The van der Waals surface area contributed by atoms with Crippen LogP contribution in [-0.4, -0.2) is 40.1 Å². The van der Waals surface area contributed by atoms with Gasteiger partial charge in [-0.2, -0.15) is 0 Å². The van der Waals surface area contributed by atoms with Gasteiger partial charge < -0.3 is 19.5 Å². The molecule has 144 valence electrons. The first-order valence-electron chi connectivity index (χ1n) is 9.05. The first-order chi connectivity index (χ1) is 12.8. The van der Waals surface area contributed by atoms with E-state index in [0.717, 1.165) is 10.9 Å². The number of likely N-dealkylation sites (tertiary alicyclic amines) is 1. The molecule has 3 rings (SSSR count). The zero-order valence-electron chi connectivity index (χ0n) is 15.4. The van der Waals surface area contributed by atoms with Gasteiger partial charge in [0.25, 0.3) is 0 Å². The van der Waals surface area contributed by atoms with E-state index < -0.39 is 17.5 Å². The lowest BCUT2D eigenvalue weighted by Gasteiger charge is -2.30. The number of carboxylic acid groups (broad SMARTS) is 1. The Hall–Kier alpha value is -2.83. The minimum Gasteiger partial charge on any atom is -0.508 e. The van der Waals surface area contributed by atoms with Gasteiger partial charge in [-0.1, -0.05) is 0 Å². The van der Waals surface area contributed by atoms with Crippen LogP contribution in [-0.2, 0) is 16.0 Å². The lowest BCUT2D eigenvalue weighted by Crippen LogP contribution is -2.42. The van der Waals surface area contributed by atoms with Crippen LogP contribution in [0.4, 0.5) is 0 Å².